The van der Waals surface area contributed by atoms with Crippen LogP contribution in [0.25, 0.3) is 6.08 Å². The van der Waals surface area contributed by atoms with Gasteiger partial charge in [-0.25, -0.2) is 14.6 Å². The second-order valence-corrected chi connectivity index (χ2v) is 6.15. The Kier molecular flexibility index (Phi) is 4.35. The number of hydrogen-bond acceptors (Lipinski definition) is 6. The number of nitrogens with zero attached hydrogens (tertiary/aromatic N) is 1. The number of aliphatic imine (C=N–C) groups is 1. The van der Waals surface area contributed by atoms with Crippen molar-refractivity contribution in [2.24, 2.45) is 4.99 Å². The third-order valence-corrected chi connectivity index (χ3v) is 4.45. The Balaban J connectivity index is 1.96. The van der Waals surface area contributed by atoms with Crippen LogP contribution in [0.15, 0.2) is 28.2 Å². The first-order valence-corrected chi connectivity index (χ1v) is 8.32. The summed E-state index contributed by atoms with van der Waals surface area (Å²) >= 11 is 1.45. The van der Waals surface area contributed by atoms with Crippen molar-refractivity contribution in [3.05, 3.63) is 50.6 Å². The summed E-state index contributed by atoms with van der Waals surface area (Å²) in [6, 6.07) is 3.70. The van der Waals surface area contributed by atoms with Gasteiger partial charge in [-0.05, 0) is 43.9 Å². The largest absolute Gasteiger partial charge is 0.462 e. The Hall–Kier alpha value is -2.67. The summed E-state index contributed by atoms with van der Waals surface area (Å²) in [7, 11) is 0. The first kappa shape index (κ1) is 16.2. The van der Waals surface area contributed by atoms with Gasteiger partial charge in [-0.3, -0.25) is 0 Å². The number of aryl methyl sites for hydroxylation is 1. The molecule has 124 valence electrons. The van der Waals surface area contributed by atoms with E-state index in [9.17, 15) is 9.59 Å². The SMILES string of the molecule is CCOC(=O)c1c(C)[nH]c(/C=C2\N=C(c3cccs3)OC2=O)c1C. The number of nitrogens with one attached hydrogen (secondary N) is 1. The number of esters is 2. The topological polar surface area (TPSA) is 80.8 Å². The van der Waals surface area contributed by atoms with Gasteiger partial charge in [0, 0.05) is 11.4 Å². The lowest BCUT2D eigenvalue weighted by Crippen LogP contribution is -2.06. The van der Waals surface area contributed by atoms with E-state index in [1.54, 1.807) is 26.8 Å². The Labute approximate surface area is 142 Å². The Morgan fingerprint density at radius 3 is 2.92 bits per heavy atom. The second-order valence-electron chi connectivity index (χ2n) is 5.20. The summed E-state index contributed by atoms with van der Waals surface area (Å²) in [6.07, 6.45) is 1.59. The molecular formula is C17H16N2O4S. The predicted octanol–water partition coefficient (Wildman–Crippen LogP) is 3.21. The quantitative estimate of drug-likeness (QED) is 0.682. The van der Waals surface area contributed by atoms with Gasteiger partial charge in [0.15, 0.2) is 5.70 Å². The summed E-state index contributed by atoms with van der Waals surface area (Å²) in [5, 5.41) is 1.89. The van der Waals surface area contributed by atoms with Crippen molar-refractivity contribution in [2.75, 3.05) is 6.61 Å². The van der Waals surface area contributed by atoms with Gasteiger partial charge in [0.05, 0.1) is 17.0 Å². The van der Waals surface area contributed by atoms with E-state index in [2.05, 4.69) is 9.98 Å². The maximum atomic E-state index is 12.0. The van der Waals surface area contributed by atoms with Gasteiger partial charge in [0.2, 0.25) is 5.90 Å². The molecule has 24 heavy (non-hydrogen) atoms. The lowest BCUT2D eigenvalue weighted by atomic mass is 10.1. The van der Waals surface area contributed by atoms with Gasteiger partial charge in [0.1, 0.15) is 0 Å². The molecule has 7 heteroatoms. The van der Waals surface area contributed by atoms with E-state index >= 15 is 0 Å². The number of rotatable bonds is 4. The van der Waals surface area contributed by atoms with Gasteiger partial charge >= 0.3 is 11.9 Å². The molecule has 3 rings (SSSR count). The third kappa shape index (κ3) is 2.90. The molecule has 0 spiro atoms. The average Bonchev–Trinajstić information content (AvgIpc) is 3.22. The van der Waals surface area contributed by atoms with Crippen LogP contribution in [0.3, 0.4) is 0 Å². The molecule has 0 fully saturated rings. The van der Waals surface area contributed by atoms with Crippen molar-refractivity contribution in [3.8, 4) is 0 Å². The lowest BCUT2D eigenvalue weighted by Gasteiger charge is -2.01. The summed E-state index contributed by atoms with van der Waals surface area (Å²) in [5.74, 6) is -0.597. The lowest BCUT2D eigenvalue weighted by molar-refractivity contribution is -0.129. The molecule has 0 bridgehead atoms. The third-order valence-electron chi connectivity index (χ3n) is 3.59. The molecule has 1 aliphatic heterocycles. The number of carbonyl (C=O) groups excluding carboxylic acids is 2. The minimum absolute atomic E-state index is 0.193. The highest BCUT2D eigenvalue weighted by Crippen LogP contribution is 2.25. The van der Waals surface area contributed by atoms with Crippen LogP contribution in [0, 0.1) is 13.8 Å². The normalized spacial score (nSPS) is 15.5. The maximum absolute atomic E-state index is 12.0. The fraction of sp³-hybridized carbons (Fsp3) is 0.235. The number of thiophene rings is 1. The molecule has 0 aliphatic carbocycles. The van der Waals surface area contributed by atoms with Gasteiger partial charge < -0.3 is 14.5 Å². The molecule has 1 aliphatic rings. The fourth-order valence-electron chi connectivity index (χ4n) is 2.48. The van der Waals surface area contributed by atoms with Gasteiger partial charge in [-0.2, -0.15) is 0 Å². The molecule has 0 aromatic carbocycles. The Morgan fingerprint density at radius 2 is 2.25 bits per heavy atom. The summed E-state index contributed by atoms with van der Waals surface area (Å²) in [5.41, 5.74) is 2.71. The second kappa shape index (κ2) is 6.45. The molecule has 0 saturated carbocycles. The maximum Gasteiger partial charge on any atom is 0.363 e. The molecule has 2 aromatic rings. The first-order valence-electron chi connectivity index (χ1n) is 7.44. The van der Waals surface area contributed by atoms with Crippen molar-refractivity contribution in [1.82, 2.24) is 4.98 Å². The molecule has 6 nitrogen and oxygen atoms in total. The van der Waals surface area contributed by atoms with Crippen molar-refractivity contribution in [1.29, 1.82) is 0 Å². The number of ether oxygens (including phenoxy) is 2. The molecule has 0 saturated heterocycles. The van der Waals surface area contributed by atoms with Gasteiger partial charge in [-0.1, -0.05) is 6.07 Å². The van der Waals surface area contributed by atoms with Crippen LogP contribution < -0.4 is 0 Å². The fourth-order valence-corrected chi connectivity index (χ4v) is 3.13. The highest BCUT2D eigenvalue weighted by Gasteiger charge is 2.26. The summed E-state index contributed by atoms with van der Waals surface area (Å²) in [4.78, 5) is 32.2. The molecule has 0 unspecified atom stereocenters. The van der Waals surface area contributed by atoms with Crippen LogP contribution in [0.5, 0.6) is 0 Å². The van der Waals surface area contributed by atoms with Crippen LogP contribution >= 0.6 is 11.3 Å². The van der Waals surface area contributed by atoms with Crippen LogP contribution in [0.1, 0.15) is 39.1 Å². The molecule has 2 aromatic heterocycles. The van der Waals surface area contributed by atoms with E-state index in [0.717, 1.165) is 4.88 Å². The van der Waals surface area contributed by atoms with E-state index in [0.29, 0.717) is 35.0 Å². The Bertz CT molecular complexity index is 860. The molecular weight excluding hydrogens is 328 g/mol. The van der Waals surface area contributed by atoms with Crippen molar-refractivity contribution >= 4 is 35.2 Å². The van der Waals surface area contributed by atoms with Crippen molar-refractivity contribution in [3.63, 3.8) is 0 Å². The number of hydrogen-bond donors (Lipinski definition) is 1. The number of aromatic amines is 1. The van der Waals surface area contributed by atoms with E-state index in [1.807, 2.05) is 17.5 Å². The van der Waals surface area contributed by atoms with Crippen LogP contribution in [0.4, 0.5) is 0 Å². The highest BCUT2D eigenvalue weighted by atomic mass is 32.1. The summed E-state index contributed by atoms with van der Waals surface area (Å²) in [6.45, 7) is 5.65. The predicted molar refractivity (Wildman–Crippen MR) is 91.1 cm³/mol. The van der Waals surface area contributed by atoms with Crippen LogP contribution in [0.2, 0.25) is 0 Å². The minimum Gasteiger partial charge on any atom is -0.462 e. The van der Waals surface area contributed by atoms with Gasteiger partial charge in [-0.15, -0.1) is 11.3 Å². The zero-order valence-electron chi connectivity index (χ0n) is 13.5. The van der Waals surface area contributed by atoms with Crippen LogP contribution in [-0.4, -0.2) is 29.4 Å². The standard InChI is InChI=1S/C17H16N2O4S/c1-4-22-17(21)14-9(2)11(18-10(14)3)8-12-16(20)23-15(19-12)13-6-5-7-24-13/h5-8,18H,4H2,1-3H3/b12-8-. The van der Waals surface area contributed by atoms with Crippen LogP contribution in [-0.2, 0) is 14.3 Å². The van der Waals surface area contributed by atoms with E-state index in [4.69, 9.17) is 9.47 Å². The Morgan fingerprint density at radius 1 is 1.46 bits per heavy atom. The number of cyclic esters (lactones) is 1. The number of H-pyrrole nitrogens is 1. The smallest absolute Gasteiger partial charge is 0.363 e. The number of aromatic nitrogens is 1. The zero-order valence-corrected chi connectivity index (χ0v) is 14.3. The molecule has 1 N–H and O–H groups in total. The monoisotopic (exact) mass is 344 g/mol. The molecule has 3 heterocycles. The minimum atomic E-state index is -0.511. The molecule has 0 atom stereocenters. The zero-order chi connectivity index (χ0) is 17.3. The summed E-state index contributed by atoms with van der Waals surface area (Å²) < 4.78 is 10.3. The first-order chi connectivity index (χ1) is 11.5. The number of carbonyl (C=O) groups is 2. The van der Waals surface area contributed by atoms with E-state index in [-0.39, 0.29) is 11.7 Å². The van der Waals surface area contributed by atoms with Crippen molar-refractivity contribution in [2.45, 2.75) is 20.8 Å². The van der Waals surface area contributed by atoms with Crippen molar-refractivity contribution < 1.29 is 19.1 Å². The van der Waals surface area contributed by atoms with E-state index in [1.165, 1.54) is 11.3 Å². The molecule has 0 amide bonds. The average molecular weight is 344 g/mol. The van der Waals surface area contributed by atoms with Gasteiger partial charge in [0.25, 0.3) is 0 Å². The highest BCUT2D eigenvalue weighted by molar-refractivity contribution is 7.12. The molecule has 0 radical (unpaired) electrons. The van der Waals surface area contributed by atoms with E-state index < -0.39 is 5.97 Å².